The monoisotopic (exact) mass is 360 g/mol. The number of carbonyl (C=O) groups is 1. The van der Waals surface area contributed by atoms with Crippen molar-refractivity contribution in [2.75, 3.05) is 13.7 Å². The summed E-state index contributed by atoms with van der Waals surface area (Å²) in [5.41, 5.74) is 1.87. The van der Waals surface area contributed by atoms with Gasteiger partial charge in [0.15, 0.2) is 0 Å². The first-order chi connectivity index (χ1) is 9.56. The van der Waals surface area contributed by atoms with Gasteiger partial charge in [0.25, 0.3) is 0 Å². The van der Waals surface area contributed by atoms with Crippen molar-refractivity contribution in [1.29, 1.82) is 0 Å². The molecule has 0 bridgehead atoms. The lowest BCUT2D eigenvalue weighted by atomic mass is 10.0. The van der Waals surface area contributed by atoms with Crippen molar-refractivity contribution < 1.29 is 14.3 Å². The molecule has 1 aromatic rings. The van der Waals surface area contributed by atoms with Gasteiger partial charge in [-0.15, -0.1) is 0 Å². The molecule has 0 radical (unpaired) electrons. The normalized spacial score (nSPS) is 15.8. The predicted octanol–water partition coefficient (Wildman–Crippen LogP) is 4.30. The number of benzene rings is 1. The molecule has 0 spiro atoms. The van der Waals surface area contributed by atoms with Crippen molar-refractivity contribution >= 4 is 33.5 Å². The number of halogens is 2. The molecule has 0 aliphatic heterocycles. The Morgan fingerprint density at radius 2 is 2.20 bits per heavy atom. The van der Waals surface area contributed by atoms with Crippen LogP contribution in [0.5, 0.6) is 5.75 Å². The van der Waals surface area contributed by atoms with E-state index in [1.807, 2.05) is 12.1 Å². The largest absolute Gasteiger partial charge is 0.495 e. The Hall–Kier alpha value is -0.740. The van der Waals surface area contributed by atoms with E-state index in [-0.39, 0.29) is 5.97 Å². The maximum Gasteiger partial charge on any atom is 0.324 e. The molecule has 0 N–H and O–H groups in total. The smallest absolute Gasteiger partial charge is 0.324 e. The molecule has 0 aromatic heterocycles. The topological polar surface area (TPSA) is 35.5 Å². The lowest BCUT2D eigenvalue weighted by Gasteiger charge is -2.16. The van der Waals surface area contributed by atoms with E-state index in [9.17, 15) is 4.79 Å². The zero-order valence-corrected chi connectivity index (χ0v) is 14.0. The molecule has 20 heavy (non-hydrogen) atoms. The number of hydrogen-bond donors (Lipinski definition) is 0. The van der Waals surface area contributed by atoms with Crippen LogP contribution in [0.25, 0.3) is 0 Å². The number of carbonyl (C=O) groups excluding carboxylic acids is 1. The minimum Gasteiger partial charge on any atom is -0.495 e. The van der Waals surface area contributed by atoms with E-state index >= 15 is 0 Å². The molecule has 1 aliphatic rings. The van der Waals surface area contributed by atoms with Crippen LogP contribution in [-0.2, 0) is 16.0 Å². The standard InChI is InChI=1S/C15H18BrClO3/c1-3-20-15(18)13(16)11-7-10(6-9-4-5-9)8-12(17)14(11)19-2/h7-9,13H,3-6H2,1-2H3. The van der Waals surface area contributed by atoms with E-state index in [4.69, 9.17) is 21.1 Å². The quantitative estimate of drug-likeness (QED) is 0.560. The van der Waals surface area contributed by atoms with Crippen molar-refractivity contribution in [1.82, 2.24) is 0 Å². The van der Waals surface area contributed by atoms with Crippen molar-refractivity contribution in [2.45, 2.75) is 31.0 Å². The minimum absolute atomic E-state index is 0.328. The van der Waals surface area contributed by atoms with E-state index < -0.39 is 4.83 Å². The van der Waals surface area contributed by atoms with Gasteiger partial charge in [0.05, 0.1) is 18.7 Å². The van der Waals surface area contributed by atoms with Gasteiger partial charge in [-0.2, -0.15) is 0 Å². The predicted molar refractivity (Wildman–Crippen MR) is 82.7 cm³/mol. The third kappa shape index (κ3) is 3.67. The second-order valence-corrected chi connectivity index (χ2v) is 6.29. The van der Waals surface area contributed by atoms with E-state index in [0.717, 1.165) is 23.5 Å². The second-order valence-electron chi connectivity index (χ2n) is 4.96. The van der Waals surface area contributed by atoms with Gasteiger partial charge < -0.3 is 9.47 Å². The number of hydrogen-bond acceptors (Lipinski definition) is 3. The highest BCUT2D eigenvalue weighted by Gasteiger charge is 2.27. The fourth-order valence-corrected chi connectivity index (χ4v) is 2.99. The Morgan fingerprint density at radius 1 is 1.50 bits per heavy atom. The Balaban J connectivity index is 2.31. The van der Waals surface area contributed by atoms with E-state index in [0.29, 0.717) is 17.4 Å². The number of alkyl halides is 1. The van der Waals surface area contributed by atoms with Crippen molar-refractivity contribution in [3.63, 3.8) is 0 Å². The van der Waals surface area contributed by atoms with Gasteiger partial charge in [-0.25, -0.2) is 0 Å². The maximum absolute atomic E-state index is 11.9. The second kappa shape index (κ2) is 6.81. The van der Waals surface area contributed by atoms with Gasteiger partial charge >= 0.3 is 5.97 Å². The van der Waals surface area contributed by atoms with Crippen LogP contribution in [-0.4, -0.2) is 19.7 Å². The van der Waals surface area contributed by atoms with Crippen LogP contribution in [0.15, 0.2) is 12.1 Å². The summed E-state index contributed by atoms with van der Waals surface area (Å²) in [6.07, 6.45) is 3.54. The third-order valence-corrected chi connectivity index (χ3v) is 4.47. The van der Waals surface area contributed by atoms with Crippen molar-refractivity contribution in [3.05, 3.63) is 28.3 Å². The Bertz CT molecular complexity index is 500. The molecule has 110 valence electrons. The molecule has 1 fully saturated rings. The first-order valence-corrected chi connectivity index (χ1v) is 8.03. The molecule has 1 atom stereocenters. The average molecular weight is 362 g/mol. The summed E-state index contributed by atoms with van der Waals surface area (Å²) in [4.78, 5) is 11.3. The summed E-state index contributed by atoms with van der Waals surface area (Å²) in [7, 11) is 1.55. The average Bonchev–Trinajstić information content (AvgIpc) is 3.21. The van der Waals surface area contributed by atoms with Gasteiger partial charge in [-0.05, 0) is 43.7 Å². The number of ether oxygens (including phenoxy) is 2. The van der Waals surface area contributed by atoms with Crippen LogP contribution in [0.3, 0.4) is 0 Å². The van der Waals surface area contributed by atoms with Gasteiger partial charge in [-0.3, -0.25) is 4.79 Å². The fourth-order valence-electron chi connectivity index (χ4n) is 2.19. The SMILES string of the molecule is CCOC(=O)C(Br)c1cc(CC2CC2)cc(Cl)c1OC. The molecule has 1 aromatic carbocycles. The van der Waals surface area contributed by atoms with Gasteiger partial charge in [0.2, 0.25) is 0 Å². The van der Waals surface area contributed by atoms with Crippen LogP contribution in [0.1, 0.15) is 35.7 Å². The first-order valence-electron chi connectivity index (χ1n) is 6.73. The van der Waals surface area contributed by atoms with Crippen LogP contribution in [0.2, 0.25) is 5.02 Å². The Kier molecular flexibility index (Phi) is 5.33. The maximum atomic E-state index is 11.9. The van der Waals surface area contributed by atoms with Crippen LogP contribution >= 0.6 is 27.5 Å². The zero-order valence-electron chi connectivity index (χ0n) is 11.6. The molecule has 2 rings (SSSR count). The van der Waals surface area contributed by atoms with E-state index in [1.165, 1.54) is 12.8 Å². The van der Waals surface area contributed by atoms with Crippen molar-refractivity contribution in [2.24, 2.45) is 5.92 Å². The molecule has 1 aliphatic carbocycles. The fraction of sp³-hybridized carbons (Fsp3) is 0.533. The molecular weight excluding hydrogens is 344 g/mol. The highest BCUT2D eigenvalue weighted by Crippen LogP contribution is 2.40. The number of esters is 1. The Labute approximate surface area is 132 Å². The molecule has 1 saturated carbocycles. The minimum atomic E-state index is -0.561. The van der Waals surface area contributed by atoms with E-state index in [1.54, 1.807) is 14.0 Å². The molecule has 5 heteroatoms. The summed E-state index contributed by atoms with van der Waals surface area (Å²) in [6, 6.07) is 3.91. The lowest BCUT2D eigenvalue weighted by molar-refractivity contribution is -0.142. The molecular formula is C15H18BrClO3. The molecule has 1 unspecified atom stereocenters. The highest BCUT2D eigenvalue weighted by atomic mass is 79.9. The molecule has 0 amide bonds. The summed E-state index contributed by atoms with van der Waals surface area (Å²) in [5, 5.41) is 0.536. The summed E-state index contributed by atoms with van der Waals surface area (Å²) in [5.74, 6) is 0.954. The summed E-state index contributed by atoms with van der Waals surface area (Å²) >= 11 is 9.65. The lowest BCUT2D eigenvalue weighted by Crippen LogP contribution is -2.12. The van der Waals surface area contributed by atoms with Crippen molar-refractivity contribution in [3.8, 4) is 5.75 Å². The van der Waals surface area contributed by atoms with Crippen LogP contribution in [0, 0.1) is 5.92 Å². The van der Waals surface area contributed by atoms with Gasteiger partial charge in [0, 0.05) is 5.56 Å². The number of methoxy groups -OCH3 is 1. The highest BCUT2D eigenvalue weighted by molar-refractivity contribution is 9.09. The summed E-state index contributed by atoms with van der Waals surface area (Å²) in [6.45, 7) is 2.13. The van der Waals surface area contributed by atoms with Gasteiger partial charge in [-0.1, -0.05) is 33.6 Å². The number of rotatable bonds is 6. The third-order valence-electron chi connectivity index (χ3n) is 3.32. The van der Waals surface area contributed by atoms with E-state index in [2.05, 4.69) is 15.9 Å². The molecule has 0 saturated heterocycles. The summed E-state index contributed by atoms with van der Waals surface area (Å²) < 4.78 is 10.4. The zero-order chi connectivity index (χ0) is 14.7. The molecule has 3 nitrogen and oxygen atoms in total. The Morgan fingerprint density at radius 3 is 2.75 bits per heavy atom. The molecule has 0 heterocycles. The first kappa shape index (κ1) is 15.6. The van der Waals surface area contributed by atoms with Crippen LogP contribution < -0.4 is 4.74 Å². The van der Waals surface area contributed by atoms with Crippen LogP contribution in [0.4, 0.5) is 0 Å². The van der Waals surface area contributed by atoms with Gasteiger partial charge in [0.1, 0.15) is 10.6 Å².